The molecule has 0 aliphatic carbocycles. The third kappa shape index (κ3) is 5.24. The summed E-state index contributed by atoms with van der Waals surface area (Å²) < 4.78 is 22.7. The van der Waals surface area contributed by atoms with E-state index in [0.29, 0.717) is 17.7 Å². The predicted molar refractivity (Wildman–Crippen MR) is 134 cm³/mol. The average molecular weight is 501 g/mol. The van der Waals surface area contributed by atoms with Gasteiger partial charge in [-0.2, -0.15) is 5.26 Å². The fraction of sp³-hybridized carbons (Fsp3) is 0.107. The Labute approximate surface area is 201 Å². The highest BCUT2D eigenvalue weighted by Gasteiger charge is 2.11. The zero-order valence-corrected chi connectivity index (χ0v) is 19.9. The highest BCUT2D eigenvalue weighted by atomic mass is 79.9. The first kappa shape index (κ1) is 22.6. The molecule has 3 aromatic carbocycles. The fourth-order valence-electron chi connectivity index (χ4n) is 3.76. The molecule has 3 nitrogen and oxygen atoms in total. The molecule has 0 aliphatic rings. The number of ether oxygens (including phenoxy) is 1. The zero-order valence-electron chi connectivity index (χ0n) is 18.3. The first-order valence-electron chi connectivity index (χ1n) is 10.5. The van der Waals surface area contributed by atoms with Crippen LogP contribution < -0.4 is 4.74 Å². The van der Waals surface area contributed by atoms with Gasteiger partial charge in [-0.15, -0.1) is 0 Å². The number of hydrogen-bond donors (Lipinski definition) is 0. The quantitative estimate of drug-likeness (QED) is 0.255. The molecular formula is C28H22BrFN2O. The Morgan fingerprint density at radius 3 is 2.42 bits per heavy atom. The van der Waals surface area contributed by atoms with Crippen molar-refractivity contribution in [3.8, 4) is 17.5 Å². The molecule has 0 bridgehead atoms. The Morgan fingerprint density at radius 1 is 1.03 bits per heavy atom. The van der Waals surface area contributed by atoms with E-state index in [0.717, 1.165) is 38.4 Å². The van der Waals surface area contributed by atoms with Crippen LogP contribution >= 0.6 is 15.9 Å². The molecule has 0 N–H and O–H groups in total. The standard InChI is InChI=1S/C28H22BrFN2O/c1-19-14-23(15-24(17-31)22-4-3-5-26(30)16-22)20(2)32(19)27-10-12-28(13-11-27)33-18-21-6-8-25(29)9-7-21/h3-16H,18H2,1-2H3/b24-15-. The van der Waals surface area contributed by atoms with E-state index in [4.69, 9.17) is 4.74 Å². The second-order valence-electron chi connectivity index (χ2n) is 7.75. The topological polar surface area (TPSA) is 38.0 Å². The van der Waals surface area contributed by atoms with Crippen molar-refractivity contribution in [1.29, 1.82) is 5.26 Å². The van der Waals surface area contributed by atoms with Crippen molar-refractivity contribution in [3.05, 3.63) is 117 Å². The minimum atomic E-state index is -0.360. The molecule has 4 rings (SSSR count). The number of rotatable bonds is 6. The molecule has 0 saturated carbocycles. The summed E-state index contributed by atoms with van der Waals surface area (Å²) in [6.07, 6.45) is 1.81. The molecule has 0 atom stereocenters. The summed E-state index contributed by atoms with van der Waals surface area (Å²) >= 11 is 3.44. The molecule has 0 unspecified atom stereocenters. The van der Waals surface area contributed by atoms with Gasteiger partial charge >= 0.3 is 0 Å². The van der Waals surface area contributed by atoms with E-state index in [9.17, 15) is 9.65 Å². The lowest BCUT2D eigenvalue weighted by molar-refractivity contribution is 0.306. The van der Waals surface area contributed by atoms with E-state index < -0.39 is 0 Å². The van der Waals surface area contributed by atoms with Crippen LogP contribution in [-0.2, 0) is 6.61 Å². The van der Waals surface area contributed by atoms with E-state index >= 15 is 0 Å². The summed E-state index contributed by atoms with van der Waals surface area (Å²) in [5.41, 5.74) is 6.05. The Balaban J connectivity index is 1.56. The maximum atomic E-state index is 13.6. The molecule has 1 aromatic heterocycles. The number of aromatic nitrogens is 1. The number of aryl methyl sites for hydroxylation is 1. The maximum Gasteiger partial charge on any atom is 0.123 e. The molecule has 33 heavy (non-hydrogen) atoms. The van der Waals surface area contributed by atoms with Crippen molar-refractivity contribution in [2.45, 2.75) is 20.5 Å². The SMILES string of the molecule is Cc1cc(/C=C(/C#N)c2cccc(F)c2)c(C)n1-c1ccc(OCc2ccc(Br)cc2)cc1. The van der Waals surface area contributed by atoms with Gasteiger partial charge in [0.15, 0.2) is 0 Å². The van der Waals surface area contributed by atoms with Crippen molar-refractivity contribution in [3.63, 3.8) is 0 Å². The molecule has 0 fully saturated rings. The number of nitrogens with zero attached hydrogens (tertiary/aromatic N) is 2. The van der Waals surface area contributed by atoms with Crippen LogP contribution in [0.4, 0.5) is 4.39 Å². The predicted octanol–water partition coefficient (Wildman–Crippen LogP) is 7.64. The van der Waals surface area contributed by atoms with E-state index in [1.165, 1.54) is 12.1 Å². The second-order valence-corrected chi connectivity index (χ2v) is 8.67. The molecular weight excluding hydrogens is 479 g/mol. The minimum absolute atomic E-state index is 0.360. The molecule has 164 valence electrons. The molecule has 0 radical (unpaired) electrons. The first-order chi connectivity index (χ1) is 15.9. The van der Waals surface area contributed by atoms with E-state index in [2.05, 4.69) is 26.6 Å². The van der Waals surface area contributed by atoms with Crippen molar-refractivity contribution in [1.82, 2.24) is 4.57 Å². The van der Waals surface area contributed by atoms with Gasteiger partial charge in [-0.1, -0.05) is 40.2 Å². The van der Waals surface area contributed by atoms with Gasteiger partial charge in [-0.3, -0.25) is 0 Å². The summed E-state index contributed by atoms with van der Waals surface area (Å²) in [5.74, 6) is 0.434. The second kappa shape index (κ2) is 9.89. The fourth-order valence-corrected chi connectivity index (χ4v) is 4.03. The van der Waals surface area contributed by atoms with Gasteiger partial charge in [0, 0.05) is 21.5 Å². The summed E-state index contributed by atoms with van der Waals surface area (Å²) in [6.45, 7) is 4.54. The van der Waals surface area contributed by atoms with Gasteiger partial charge in [0.2, 0.25) is 0 Å². The Morgan fingerprint density at radius 2 is 1.76 bits per heavy atom. The molecule has 0 amide bonds. The van der Waals surface area contributed by atoms with Crippen molar-refractivity contribution < 1.29 is 9.13 Å². The lowest BCUT2D eigenvalue weighted by Gasteiger charge is -2.12. The van der Waals surface area contributed by atoms with Crippen LogP contribution in [0, 0.1) is 31.0 Å². The number of allylic oxidation sites excluding steroid dienone is 1. The molecule has 1 heterocycles. The first-order valence-corrected chi connectivity index (χ1v) is 11.3. The summed E-state index contributed by atoms with van der Waals surface area (Å²) in [5, 5.41) is 9.63. The monoisotopic (exact) mass is 500 g/mol. The van der Waals surface area contributed by atoms with Gasteiger partial charge in [0.1, 0.15) is 18.2 Å². The van der Waals surface area contributed by atoms with E-state index in [1.54, 1.807) is 12.1 Å². The lowest BCUT2D eigenvalue weighted by Crippen LogP contribution is -2.00. The van der Waals surface area contributed by atoms with Gasteiger partial charge < -0.3 is 9.30 Å². The van der Waals surface area contributed by atoms with Gasteiger partial charge in [-0.25, -0.2) is 4.39 Å². The number of nitriles is 1. The van der Waals surface area contributed by atoms with Crippen molar-refractivity contribution >= 4 is 27.6 Å². The van der Waals surface area contributed by atoms with Gasteiger partial charge in [-0.05, 0) is 91.2 Å². The largest absolute Gasteiger partial charge is 0.489 e. The van der Waals surface area contributed by atoms with Crippen LogP contribution in [0.3, 0.4) is 0 Å². The van der Waals surface area contributed by atoms with Crippen LogP contribution in [-0.4, -0.2) is 4.57 Å². The minimum Gasteiger partial charge on any atom is -0.489 e. The molecule has 0 aliphatic heterocycles. The number of benzene rings is 3. The zero-order chi connectivity index (χ0) is 23.4. The van der Waals surface area contributed by atoms with Crippen LogP contribution in [0.5, 0.6) is 5.75 Å². The Kier molecular flexibility index (Phi) is 6.76. The number of halogens is 2. The maximum absolute atomic E-state index is 13.6. The lowest BCUT2D eigenvalue weighted by atomic mass is 10.0. The smallest absolute Gasteiger partial charge is 0.123 e. The van der Waals surface area contributed by atoms with Gasteiger partial charge in [0.25, 0.3) is 0 Å². The normalized spacial score (nSPS) is 11.3. The Bertz CT molecular complexity index is 1350. The Hall–Kier alpha value is -3.62. The van der Waals surface area contributed by atoms with Crippen LogP contribution in [0.2, 0.25) is 0 Å². The molecule has 4 aromatic rings. The van der Waals surface area contributed by atoms with E-state index in [-0.39, 0.29) is 5.82 Å². The summed E-state index contributed by atoms with van der Waals surface area (Å²) in [6, 6.07) is 26.3. The third-order valence-electron chi connectivity index (χ3n) is 5.44. The van der Waals surface area contributed by atoms with Crippen LogP contribution in [0.15, 0.2) is 83.3 Å². The highest BCUT2D eigenvalue weighted by Crippen LogP contribution is 2.27. The molecule has 5 heteroatoms. The molecule has 0 saturated heterocycles. The van der Waals surface area contributed by atoms with Gasteiger partial charge in [0.05, 0.1) is 11.6 Å². The average Bonchev–Trinajstić information content (AvgIpc) is 3.10. The van der Waals surface area contributed by atoms with Crippen LogP contribution in [0.1, 0.15) is 28.1 Å². The van der Waals surface area contributed by atoms with Crippen molar-refractivity contribution in [2.75, 3.05) is 0 Å². The van der Waals surface area contributed by atoms with E-state index in [1.807, 2.05) is 74.5 Å². The summed E-state index contributed by atoms with van der Waals surface area (Å²) in [4.78, 5) is 0. The number of hydrogen-bond acceptors (Lipinski definition) is 2. The molecule has 0 spiro atoms. The van der Waals surface area contributed by atoms with Crippen LogP contribution in [0.25, 0.3) is 17.3 Å². The highest BCUT2D eigenvalue weighted by molar-refractivity contribution is 9.10. The third-order valence-corrected chi connectivity index (χ3v) is 5.97. The summed E-state index contributed by atoms with van der Waals surface area (Å²) in [7, 11) is 0. The van der Waals surface area contributed by atoms with Crippen molar-refractivity contribution in [2.24, 2.45) is 0 Å².